The first-order valence-corrected chi connectivity index (χ1v) is 6.44. The van der Waals surface area contributed by atoms with Gasteiger partial charge in [0.05, 0.1) is 6.61 Å². The van der Waals surface area contributed by atoms with Gasteiger partial charge in [-0.05, 0) is 58.0 Å². The zero-order valence-electron chi connectivity index (χ0n) is 11.2. The second kappa shape index (κ2) is 4.79. The average Bonchev–Trinajstić information content (AvgIpc) is 2.34. The monoisotopic (exact) mass is 233 g/mol. The Balaban J connectivity index is 2.37. The van der Waals surface area contributed by atoms with Crippen LogP contribution in [0.25, 0.3) is 0 Å². The molecule has 1 aromatic carbocycles. The molecule has 0 saturated carbocycles. The number of aliphatic hydroxyl groups excluding tert-OH is 1. The molecule has 1 fully saturated rings. The van der Waals surface area contributed by atoms with Crippen LogP contribution in [0.5, 0.6) is 0 Å². The number of piperidine rings is 1. The summed E-state index contributed by atoms with van der Waals surface area (Å²) in [6, 6.07) is 6.59. The molecule has 2 heteroatoms. The van der Waals surface area contributed by atoms with Crippen LogP contribution in [-0.2, 0) is 5.41 Å². The van der Waals surface area contributed by atoms with Gasteiger partial charge >= 0.3 is 0 Å². The molecule has 0 radical (unpaired) electrons. The van der Waals surface area contributed by atoms with Gasteiger partial charge in [0.15, 0.2) is 0 Å². The third-order valence-electron chi connectivity index (χ3n) is 4.21. The lowest BCUT2D eigenvalue weighted by Gasteiger charge is -2.40. The molecule has 0 unspecified atom stereocenters. The van der Waals surface area contributed by atoms with Gasteiger partial charge in [0.2, 0.25) is 0 Å². The van der Waals surface area contributed by atoms with Crippen LogP contribution in [0.2, 0.25) is 0 Å². The number of aryl methyl sites for hydroxylation is 2. The topological polar surface area (TPSA) is 23.5 Å². The van der Waals surface area contributed by atoms with E-state index in [9.17, 15) is 5.11 Å². The predicted octanol–water partition coefficient (Wildman–Crippen LogP) is 2.26. The van der Waals surface area contributed by atoms with Crippen molar-refractivity contribution >= 4 is 0 Å². The Kier molecular flexibility index (Phi) is 3.55. The second-order valence-electron chi connectivity index (χ2n) is 5.56. The summed E-state index contributed by atoms with van der Waals surface area (Å²) in [5.41, 5.74) is 3.95. The lowest BCUT2D eigenvalue weighted by molar-refractivity contribution is 0.114. The van der Waals surface area contributed by atoms with Crippen molar-refractivity contribution in [2.24, 2.45) is 0 Å². The molecule has 2 nitrogen and oxygen atoms in total. The van der Waals surface area contributed by atoms with Gasteiger partial charge in [0.25, 0.3) is 0 Å². The van der Waals surface area contributed by atoms with Crippen LogP contribution in [0, 0.1) is 13.8 Å². The molecule has 1 heterocycles. The van der Waals surface area contributed by atoms with Gasteiger partial charge in [-0.3, -0.25) is 0 Å². The number of rotatable bonds is 2. The number of likely N-dealkylation sites (tertiary alicyclic amines) is 1. The molecule has 1 aromatic rings. The molecule has 2 rings (SSSR count). The van der Waals surface area contributed by atoms with Crippen molar-refractivity contribution in [1.82, 2.24) is 4.90 Å². The summed E-state index contributed by atoms with van der Waals surface area (Å²) < 4.78 is 0. The van der Waals surface area contributed by atoms with Crippen molar-refractivity contribution in [1.29, 1.82) is 0 Å². The van der Waals surface area contributed by atoms with Crippen molar-refractivity contribution < 1.29 is 5.11 Å². The summed E-state index contributed by atoms with van der Waals surface area (Å²) in [6.07, 6.45) is 2.12. The average molecular weight is 233 g/mol. The van der Waals surface area contributed by atoms with Crippen molar-refractivity contribution in [3.8, 4) is 0 Å². The van der Waals surface area contributed by atoms with E-state index < -0.39 is 0 Å². The summed E-state index contributed by atoms with van der Waals surface area (Å²) in [4.78, 5) is 2.35. The molecule has 0 atom stereocenters. The lowest BCUT2D eigenvalue weighted by atomic mass is 9.71. The molecule has 1 aliphatic rings. The first-order valence-electron chi connectivity index (χ1n) is 6.44. The van der Waals surface area contributed by atoms with E-state index >= 15 is 0 Å². The third-order valence-corrected chi connectivity index (χ3v) is 4.21. The van der Waals surface area contributed by atoms with E-state index in [1.807, 2.05) is 0 Å². The summed E-state index contributed by atoms with van der Waals surface area (Å²) in [5.74, 6) is 0. The van der Waals surface area contributed by atoms with Crippen LogP contribution < -0.4 is 0 Å². The van der Waals surface area contributed by atoms with Crippen LogP contribution in [0.15, 0.2) is 18.2 Å². The number of aliphatic hydroxyl groups is 1. The molecular formula is C15H23NO. The SMILES string of the molecule is Cc1ccc(C)c(C2(CO)CCN(C)CC2)c1. The smallest absolute Gasteiger partial charge is 0.0529 e. The van der Waals surface area contributed by atoms with E-state index in [0.29, 0.717) is 0 Å². The normalized spacial score (nSPS) is 20.5. The molecular weight excluding hydrogens is 210 g/mol. The molecule has 1 aliphatic heterocycles. The molecule has 94 valence electrons. The summed E-state index contributed by atoms with van der Waals surface area (Å²) in [5, 5.41) is 9.88. The van der Waals surface area contributed by atoms with E-state index in [1.54, 1.807) is 0 Å². The largest absolute Gasteiger partial charge is 0.395 e. The minimum Gasteiger partial charge on any atom is -0.395 e. The van der Waals surface area contributed by atoms with Gasteiger partial charge in [0.1, 0.15) is 0 Å². The Bertz CT molecular complexity index is 392. The summed E-state index contributed by atoms with van der Waals surface area (Å²) >= 11 is 0. The first kappa shape index (κ1) is 12.6. The van der Waals surface area contributed by atoms with Crippen molar-refractivity contribution in [2.45, 2.75) is 32.1 Å². The van der Waals surface area contributed by atoms with Gasteiger partial charge in [-0.15, -0.1) is 0 Å². The molecule has 17 heavy (non-hydrogen) atoms. The highest BCUT2D eigenvalue weighted by molar-refractivity contribution is 5.37. The second-order valence-corrected chi connectivity index (χ2v) is 5.56. The number of hydrogen-bond acceptors (Lipinski definition) is 2. The maximum Gasteiger partial charge on any atom is 0.0529 e. The molecule has 0 aliphatic carbocycles. The van der Waals surface area contributed by atoms with Gasteiger partial charge in [-0.25, -0.2) is 0 Å². The maximum absolute atomic E-state index is 9.88. The number of benzene rings is 1. The molecule has 1 saturated heterocycles. The van der Waals surface area contributed by atoms with E-state index in [2.05, 4.69) is 44.0 Å². The number of hydrogen-bond donors (Lipinski definition) is 1. The highest BCUT2D eigenvalue weighted by Crippen LogP contribution is 2.36. The fraction of sp³-hybridized carbons (Fsp3) is 0.600. The first-order chi connectivity index (χ1) is 8.07. The zero-order chi connectivity index (χ0) is 12.5. The zero-order valence-corrected chi connectivity index (χ0v) is 11.2. The van der Waals surface area contributed by atoms with Crippen LogP contribution in [0.1, 0.15) is 29.5 Å². The molecule has 0 amide bonds. The van der Waals surface area contributed by atoms with Crippen LogP contribution in [0.4, 0.5) is 0 Å². The molecule has 0 aromatic heterocycles. The van der Waals surface area contributed by atoms with E-state index in [4.69, 9.17) is 0 Å². The minimum atomic E-state index is -0.0113. The van der Waals surface area contributed by atoms with Crippen molar-refractivity contribution in [3.05, 3.63) is 34.9 Å². The highest BCUT2D eigenvalue weighted by atomic mass is 16.3. The maximum atomic E-state index is 9.88. The van der Waals surface area contributed by atoms with E-state index in [1.165, 1.54) is 16.7 Å². The van der Waals surface area contributed by atoms with Crippen molar-refractivity contribution in [3.63, 3.8) is 0 Å². The van der Waals surface area contributed by atoms with Gasteiger partial charge in [-0.2, -0.15) is 0 Å². The van der Waals surface area contributed by atoms with Crippen LogP contribution >= 0.6 is 0 Å². The van der Waals surface area contributed by atoms with Gasteiger partial charge in [-0.1, -0.05) is 23.8 Å². The standard InChI is InChI=1S/C15H23NO/c1-12-4-5-13(2)14(10-12)15(11-17)6-8-16(3)9-7-15/h4-5,10,17H,6-9,11H2,1-3H3. The van der Waals surface area contributed by atoms with Gasteiger partial charge < -0.3 is 10.0 Å². The highest BCUT2D eigenvalue weighted by Gasteiger charge is 2.35. The third kappa shape index (κ3) is 2.38. The Labute approximate surface area is 104 Å². The Morgan fingerprint density at radius 2 is 1.88 bits per heavy atom. The van der Waals surface area contributed by atoms with Gasteiger partial charge in [0, 0.05) is 5.41 Å². The molecule has 0 bridgehead atoms. The summed E-state index contributed by atoms with van der Waals surface area (Å²) in [7, 11) is 2.16. The number of nitrogens with zero attached hydrogens (tertiary/aromatic N) is 1. The van der Waals surface area contributed by atoms with E-state index in [0.717, 1.165) is 25.9 Å². The van der Waals surface area contributed by atoms with Crippen LogP contribution in [0.3, 0.4) is 0 Å². The quantitative estimate of drug-likeness (QED) is 0.847. The Morgan fingerprint density at radius 3 is 2.47 bits per heavy atom. The lowest BCUT2D eigenvalue weighted by Crippen LogP contribution is -2.43. The molecule has 1 N–H and O–H groups in total. The predicted molar refractivity (Wildman–Crippen MR) is 71.4 cm³/mol. The Hall–Kier alpha value is -0.860. The fourth-order valence-corrected chi connectivity index (χ4v) is 2.87. The Morgan fingerprint density at radius 1 is 1.24 bits per heavy atom. The van der Waals surface area contributed by atoms with Crippen molar-refractivity contribution in [2.75, 3.05) is 26.7 Å². The van der Waals surface area contributed by atoms with E-state index in [-0.39, 0.29) is 12.0 Å². The molecule has 0 spiro atoms. The fourth-order valence-electron chi connectivity index (χ4n) is 2.87. The minimum absolute atomic E-state index is 0.0113. The summed E-state index contributed by atoms with van der Waals surface area (Å²) in [6.45, 7) is 6.71. The van der Waals surface area contributed by atoms with Crippen LogP contribution in [-0.4, -0.2) is 36.8 Å².